The first-order valence-electron chi connectivity index (χ1n) is 5.13. The molecule has 2 aromatic carbocycles. The van der Waals surface area contributed by atoms with Crippen molar-refractivity contribution < 1.29 is 23.4 Å². The third-order valence-corrected chi connectivity index (χ3v) is 2.59. The lowest BCUT2D eigenvalue weighted by Crippen LogP contribution is -1.97. The minimum atomic E-state index is -1.15. The highest BCUT2D eigenvalue weighted by Gasteiger charge is 2.11. The second kappa shape index (κ2) is 5.24. The number of hydrogen-bond donors (Lipinski definition) is 1. The summed E-state index contributed by atoms with van der Waals surface area (Å²) in [5.41, 5.74) is -0.0305. The van der Waals surface area contributed by atoms with Crippen molar-refractivity contribution in [2.45, 2.75) is 0 Å². The maximum Gasteiger partial charge on any atom is 0.335 e. The van der Waals surface area contributed by atoms with Crippen molar-refractivity contribution >= 4 is 17.6 Å². The third kappa shape index (κ3) is 3.00. The Morgan fingerprint density at radius 2 is 1.84 bits per heavy atom. The number of carboxylic acids is 1. The molecule has 2 rings (SSSR count). The van der Waals surface area contributed by atoms with Crippen molar-refractivity contribution in [2.24, 2.45) is 0 Å². The largest absolute Gasteiger partial charge is 0.478 e. The monoisotopic (exact) mass is 284 g/mol. The van der Waals surface area contributed by atoms with Crippen LogP contribution in [0.25, 0.3) is 0 Å². The summed E-state index contributed by atoms with van der Waals surface area (Å²) >= 11 is 5.81. The molecule has 0 saturated heterocycles. The first-order valence-corrected chi connectivity index (χ1v) is 5.51. The Labute approximate surface area is 112 Å². The number of ether oxygens (including phenoxy) is 1. The SMILES string of the molecule is O=C(O)c1ccc(Oc2cc(F)ccc2F)c(Cl)c1. The van der Waals surface area contributed by atoms with Gasteiger partial charge in [-0.15, -0.1) is 0 Å². The predicted octanol–water partition coefficient (Wildman–Crippen LogP) is 4.11. The van der Waals surface area contributed by atoms with E-state index in [2.05, 4.69) is 0 Å². The van der Waals surface area contributed by atoms with Gasteiger partial charge in [-0.05, 0) is 30.3 Å². The number of halogens is 3. The number of hydrogen-bond acceptors (Lipinski definition) is 2. The first kappa shape index (κ1) is 13.3. The molecule has 2 aromatic rings. The Bertz CT molecular complexity index is 644. The summed E-state index contributed by atoms with van der Waals surface area (Å²) in [7, 11) is 0. The molecule has 0 aliphatic carbocycles. The number of benzene rings is 2. The van der Waals surface area contributed by atoms with Gasteiger partial charge in [0.15, 0.2) is 11.6 Å². The van der Waals surface area contributed by atoms with Crippen molar-refractivity contribution in [3.63, 3.8) is 0 Å². The first-order chi connectivity index (χ1) is 8.97. The van der Waals surface area contributed by atoms with Gasteiger partial charge in [0.2, 0.25) is 0 Å². The van der Waals surface area contributed by atoms with Gasteiger partial charge in [0.1, 0.15) is 11.6 Å². The second-order valence-electron chi connectivity index (χ2n) is 3.63. The van der Waals surface area contributed by atoms with Crippen LogP contribution in [0.2, 0.25) is 5.02 Å². The van der Waals surface area contributed by atoms with Crippen LogP contribution in [-0.2, 0) is 0 Å². The molecule has 0 spiro atoms. The van der Waals surface area contributed by atoms with E-state index in [1.165, 1.54) is 12.1 Å². The van der Waals surface area contributed by atoms with Gasteiger partial charge in [0.25, 0.3) is 0 Å². The van der Waals surface area contributed by atoms with Crippen molar-refractivity contribution in [1.29, 1.82) is 0 Å². The fourth-order valence-corrected chi connectivity index (χ4v) is 1.61. The van der Waals surface area contributed by atoms with Crippen LogP contribution >= 0.6 is 11.6 Å². The number of rotatable bonds is 3. The molecule has 0 fully saturated rings. The molecule has 0 radical (unpaired) electrons. The van der Waals surface area contributed by atoms with E-state index in [1.54, 1.807) is 0 Å². The molecule has 0 aromatic heterocycles. The van der Waals surface area contributed by atoms with Crippen LogP contribution in [0.5, 0.6) is 11.5 Å². The van der Waals surface area contributed by atoms with Gasteiger partial charge in [0, 0.05) is 6.07 Å². The van der Waals surface area contributed by atoms with Crippen molar-refractivity contribution in [3.8, 4) is 11.5 Å². The highest BCUT2D eigenvalue weighted by atomic mass is 35.5. The van der Waals surface area contributed by atoms with Gasteiger partial charge in [-0.1, -0.05) is 11.6 Å². The van der Waals surface area contributed by atoms with E-state index in [9.17, 15) is 13.6 Å². The molecular weight excluding hydrogens is 278 g/mol. The van der Waals surface area contributed by atoms with Crippen LogP contribution in [0.4, 0.5) is 8.78 Å². The van der Waals surface area contributed by atoms with Gasteiger partial charge in [-0.2, -0.15) is 0 Å². The van der Waals surface area contributed by atoms with Gasteiger partial charge >= 0.3 is 5.97 Å². The fraction of sp³-hybridized carbons (Fsp3) is 0. The van der Waals surface area contributed by atoms with Crippen molar-refractivity contribution in [2.75, 3.05) is 0 Å². The highest BCUT2D eigenvalue weighted by molar-refractivity contribution is 6.32. The summed E-state index contributed by atoms with van der Waals surface area (Å²) in [4.78, 5) is 10.7. The van der Waals surface area contributed by atoms with Crippen LogP contribution in [-0.4, -0.2) is 11.1 Å². The van der Waals surface area contributed by atoms with Crippen LogP contribution in [0.15, 0.2) is 36.4 Å². The number of carboxylic acid groups (broad SMARTS) is 1. The lowest BCUT2D eigenvalue weighted by molar-refractivity contribution is 0.0697. The van der Waals surface area contributed by atoms with Crippen molar-refractivity contribution in [3.05, 3.63) is 58.6 Å². The maximum absolute atomic E-state index is 13.4. The fourth-order valence-electron chi connectivity index (χ4n) is 1.39. The number of carbonyl (C=O) groups is 1. The van der Waals surface area contributed by atoms with E-state index in [1.807, 2.05) is 0 Å². The zero-order valence-electron chi connectivity index (χ0n) is 9.36. The molecule has 19 heavy (non-hydrogen) atoms. The van der Waals surface area contributed by atoms with Gasteiger partial charge in [-0.25, -0.2) is 13.6 Å². The lowest BCUT2D eigenvalue weighted by Gasteiger charge is -2.09. The smallest absolute Gasteiger partial charge is 0.335 e. The van der Waals surface area contributed by atoms with Crippen molar-refractivity contribution in [1.82, 2.24) is 0 Å². The van der Waals surface area contributed by atoms with Crippen LogP contribution in [0, 0.1) is 11.6 Å². The van der Waals surface area contributed by atoms with E-state index in [-0.39, 0.29) is 22.1 Å². The van der Waals surface area contributed by atoms with Gasteiger partial charge < -0.3 is 9.84 Å². The molecule has 0 aliphatic heterocycles. The standard InChI is InChI=1S/C13H7ClF2O3/c14-9-5-7(13(17)18)1-4-11(9)19-12-6-8(15)2-3-10(12)16/h1-6H,(H,17,18). The average Bonchev–Trinajstić information content (AvgIpc) is 2.36. The summed E-state index contributed by atoms with van der Waals surface area (Å²) in [6.07, 6.45) is 0. The van der Waals surface area contributed by atoms with Gasteiger partial charge in [0.05, 0.1) is 10.6 Å². The molecule has 0 amide bonds. The molecule has 0 saturated carbocycles. The van der Waals surface area contributed by atoms with Gasteiger partial charge in [-0.3, -0.25) is 0 Å². The van der Waals surface area contributed by atoms with Crippen LogP contribution in [0.1, 0.15) is 10.4 Å². The Balaban J connectivity index is 2.33. The molecule has 0 heterocycles. The minimum absolute atomic E-state index is 0.0106. The molecule has 0 atom stereocenters. The molecule has 6 heteroatoms. The molecule has 0 bridgehead atoms. The minimum Gasteiger partial charge on any atom is -0.478 e. The zero-order valence-corrected chi connectivity index (χ0v) is 10.1. The Morgan fingerprint density at radius 1 is 1.11 bits per heavy atom. The molecular formula is C13H7ClF2O3. The van der Waals surface area contributed by atoms with Crippen LogP contribution in [0.3, 0.4) is 0 Å². The summed E-state index contributed by atoms with van der Waals surface area (Å²) in [6.45, 7) is 0. The lowest BCUT2D eigenvalue weighted by atomic mass is 10.2. The third-order valence-electron chi connectivity index (χ3n) is 2.29. The number of aromatic carboxylic acids is 1. The molecule has 98 valence electrons. The summed E-state index contributed by atoms with van der Waals surface area (Å²) in [5, 5.41) is 8.75. The quantitative estimate of drug-likeness (QED) is 0.922. The molecule has 0 aliphatic rings. The topological polar surface area (TPSA) is 46.5 Å². The zero-order chi connectivity index (χ0) is 14.0. The Kier molecular flexibility index (Phi) is 3.66. The molecule has 1 N–H and O–H groups in total. The average molecular weight is 285 g/mol. The van der Waals surface area contributed by atoms with E-state index < -0.39 is 17.6 Å². The van der Waals surface area contributed by atoms with Crippen LogP contribution < -0.4 is 4.74 Å². The summed E-state index contributed by atoms with van der Waals surface area (Å²) < 4.78 is 31.4. The highest BCUT2D eigenvalue weighted by Crippen LogP contribution is 2.31. The Morgan fingerprint density at radius 3 is 2.47 bits per heavy atom. The predicted molar refractivity (Wildman–Crippen MR) is 64.8 cm³/mol. The van der Waals surface area contributed by atoms with E-state index >= 15 is 0 Å². The maximum atomic E-state index is 13.4. The summed E-state index contributed by atoms with van der Waals surface area (Å²) in [6, 6.07) is 6.44. The van der Waals surface area contributed by atoms with E-state index in [0.29, 0.717) is 0 Å². The second-order valence-corrected chi connectivity index (χ2v) is 4.03. The van der Waals surface area contributed by atoms with E-state index in [4.69, 9.17) is 21.4 Å². The Hall–Kier alpha value is -2.14. The molecule has 0 unspecified atom stereocenters. The van der Waals surface area contributed by atoms with E-state index in [0.717, 1.165) is 24.3 Å². The normalized spacial score (nSPS) is 10.3. The summed E-state index contributed by atoms with van der Waals surface area (Å²) in [5.74, 6) is -2.85. The molecule has 3 nitrogen and oxygen atoms in total.